The van der Waals surface area contributed by atoms with E-state index in [-0.39, 0.29) is 0 Å². The number of hydrogen-bond donors (Lipinski definition) is 2. The molecule has 2 aromatic rings. The molecular weight excluding hydrogens is 315 g/mol. The molecule has 0 aliphatic carbocycles. The van der Waals surface area contributed by atoms with E-state index in [2.05, 4.69) is 21.9 Å². The summed E-state index contributed by atoms with van der Waals surface area (Å²) < 4.78 is 0. The fraction of sp³-hybridized carbons (Fsp3) is 0.0769. The van der Waals surface area contributed by atoms with Crippen molar-refractivity contribution >= 4 is 45.8 Å². The number of nitrogens with one attached hydrogen (secondary N) is 2. The normalized spacial score (nSPS) is 11.0. The van der Waals surface area contributed by atoms with Crippen LogP contribution in [0.1, 0.15) is 10.7 Å². The van der Waals surface area contributed by atoms with Crippen LogP contribution in [0.15, 0.2) is 29.8 Å². The fourth-order valence-corrected chi connectivity index (χ4v) is 2.45. The molecule has 0 spiro atoms. The average Bonchev–Trinajstić information content (AvgIpc) is 2.85. The van der Waals surface area contributed by atoms with E-state index in [9.17, 15) is 0 Å². The zero-order chi connectivity index (χ0) is 14.5. The summed E-state index contributed by atoms with van der Waals surface area (Å²) in [5.74, 6) is 0. The van der Waals surface area contributed by atoms with E-state index < -0.39 is 0 Å². The lowest BCUT2D eigenvalue weighted by atomic mass is 10.3. The number of aryl methyl sites for hydroxylation is 1. The smallest absolute Gasteiger partial charge is 0.135 e. The molecule has 0 aliphatic rings. The van der Waals surface area contributed by atoms with Gasteiger partial charge in [0.2, 0.25) is 0 Å². The molecule has 1 aromatic heterocycles. The standard InChI is InChI=1S/C13H10Cl2N4S/c1-8-7-20-13(18-8)9(5-16)6-17-19-10-2-3-11(14)12(15)4-10/h2-4,6-7,17,19H,1H3/b9-6+. The summed E-state index contributed by atoms with van der Waals surface area (Å²) in [4.78, 5) is 4.25. The van der Waals surface area contributed by atoms with Gasteiger partial charge in [0.25, 0.3) is 0 Å². The van der Waals surface area contributed by atoms with Crippen LogP contribution in [0, 0.1) is 18.3 Å². The Balaban J connectivity index is 2.04. The molecule has 0 saturated carbocycles. The number of hydrogen-bond acceptors (Lipinski definition) is 5. The van der Waals surface area contributed by atoms with Crippen molar-refractivity contribution in [2.45, 2.75) is 6.92 Å². The van der Waals surface area contributed by atoms with E-state index in [4.69, 9.17) is 28.5 Å². The van der Waals surface area contributed by atoms with Gasteiger partial charge in [0.05, 0.1) is 15.7 Å². The van der Waals surface area contributed by atoms with E-state index in [1.165, 1.54) is 11.3 Å². The first-order valence-corrected chi connectivity index (χ1v) is 7.23. The Kier molecular flexibility index (Phi) is 4.85. The number of anilines is 1. The van der Waals surface area contributed by atoms with Crippen molar-refractivity contribution in [2.24, 2.45) is 0 Å². The Morgan fingerprint density at radius 2 is 2.20 bits per heavy atom. The van der Waals surface area contributed by atoms with Gasteiger partial charge in [0.1, 0.15) is 16.6 Å². The van der Waals surface area contributed by atoms with E-state index in [1.807, 2.05) is 12.3 Å². The topological polar surface area (TPSA) is 60.7 Å². The van der Waals surface area contributed by atoms with Gasteiger partial charge in [-0.3, -0.25) is 0 Å². The Morgan fingerprint density at radius 1 is 1.40 bits per heavy atom. The third-order valence-corrected chi connectivity index (χ3v) is 4.05. The van der Waals surface area contributed by atoms with Gasteiger partial charge in [0.15, 0.2) is 0 Å². The molecule has 7 heteroatoms. The molecule has 0 amide bonds. The van der Waals surface area contributed by atoms with E-state index in [0.29, 0.717) is 20.6 Å². The molecule has 2 rings (SSSR count). The number of nitriles is 1. The largest absolute Gasteiger partial charge is 0.307 e. The second-order valence-corrected chi connectivity index (χ2v) is 5.53. The van der Waals surface area contributed by atoms with Crippen LogP contribution in [-0.2, 0) is 0 Å². The molecule has 0 aliphatic heterocycles. The van der Waals surface area contributed by atoms with Crippen molar-refractivity contribution in [1.82, 2.24) is 10.4 Å². The number of aromatic nitrogens is 1. The van der Waals surface area contributed by atoms with Crippen LogP contribution < -0.4 is 10.9 Å². The molecule has 0 fully saturated rings. The molecule has 0 unspecified atom stereocenters. The van der Waals surface area contributed by atoms with E-state index in [0.717, 1.165) is 11.4 Å². The first-order valence-electron chi connectivity index (χ1n) is 5.59. The van der Waals surface area contributed by atoms with E-state index >= 15 is 0 Å². The first-order chi connectivity index (χ1) is 9.60. The minimum absolute atomic E-state index is 0.454. The summed E-state index contributed by atoms with van der Waals surface area (Å²) in [6.45, 7) is 1.89. The lowest BCUT2D eigenvalue weighted by Gasteiger charge is -2.07. The van der Waals surface area contributed by atoms with Gasteiger partial charge >= 0.3 is 0 Å². The molecule has 1 aromatic carbocycles. The van der Waals surface area contributed by atoms with Crippen LogP contribution in [0.5, 0.6) is 0 Å². The minimum Gasteiger partial charge on any atom is -0.307 e. The number of rotatable bonds is 4. The fourth-order valence-electron chi connectivity index (χ4n) is 1.38. The summed E-state index contributed by atoms with van der Waals surface area (Å²) >= 11 is 13.2. The van der Waals surface area contributed by atoms with Crippen LogP contribution in [0.4, 0.5) is 5.69 Å². The number of thiazole rings is 1. The summed E-state index contributed by atoms with van der Waals surface area (Å²) in [5, 5.41) is 12.6. The predicted molar refractivity (Wildman–Crippen MR) is 83.7 cm³/mol. The van der Waals surface area contributed by atoms with Crippen LogP contribution in [0.3, 0.4) is 0 Å². The molecule has 2 N–H and O–H groups in total. The molecule has 0 saturated heterocycles. The third-order valence-electron chi connectivity index (χ3n) is 2.32. The number of benzene rings is 1. The predicted octanol–water partition coefficient (Wildman–Crippen LogP) is 4.24. The lowest BCUT2D eigenvalue weighted by Crippen LogP contribution is -2.14. The maximum absolute atomic E-state index is 9.11. The average molecular weight is 325 g/mol. The molecule has 0 radical (unpaired) electrons. The first kappa shape index (κ1) is 14.7. The maximum Gasteiger partial charge on any atom is 0.135 e. The van der Waals surface area contributed by atoms with Crippen molar-refractivity contribution in [3.63, 3.8) is 0 Å². The molecule has 0 atom stereocenters. The highest BCUT2D eigenvalue weighted by Crippen LogP contribution is 2.24. The molecule has 1 heterocycles. The Hall–Kier alpha value is -1.74. The van der Waals surface area contributed by atoms with Gasteiger partial charge in [-0.1, -0.05) is 23.2 Å². The minimum atomic E-state index is 0.454. The molecule has 0 bridgehead atoms. The Bertz CT molecular complexity index is 688. The van der Waals surface area contributed by atoms with Crippen molar-refractivity contribution in [1.29, 1.82) is 5.26 Å². The highest BCUT2D eigenvalue weighted by Gasteiger charge is 2.05. The van der Waals surface area contributed by atoms with Crippen molar-refractivity contribution in [3.05, 3.63) is 50.5 Å². The van der Waals surface area contributed by atoms with Crippen molar-refractivity contribution < 1.29 is 0 Å². The Labute approximate surface area is 130 Å². The molecule has 102 valence electrons. The second kappa shape index (κ2) is 6.62. The van der Waals surface area contributed by atoms with Crippen LogP contribution in [-0.4, -0.2) is 4.98 Å². The van der Waals surface area contributed by atoms with Gasteiger partial charge in [-0.2, -0.15) is 5.26 Å². The van der Waals surface area contributed by atoms with Crippen molar-refractivity contribution in [2.75, 3.05) is 5.43 Å². The molecule has 4 nitrogen and oxygen atoms in total. The number of nitrogens with zero attached hydrogens (tertiary/aromatic N) is 2. The number of allylic oxidation sites excluding steroid dienone is 1. The quantitative estimate of drug-likeness (QED) is 0.652. The summed E-state index contributed by atoms with van der Waals surface area (Å²) in [6, 6.07) is 7.24. The van der Waals surface area contributed by atoms with Gasteiger partial charge in [-0.15, -0.1) is 11.3 Å². The number of hydrazine groups is 1. The van der Waals surface area contributed by atoms with Crippen molar-refractivity contribution in [3.8, 4) is 6.07 Å². The maximum atomic E-state index is 9.11. The zero-order valence-corrected chi connectivity index (χ0v) is 12.8. The van der Waals surface area contributed by atoms with Crippen LogP contribution in [0.25, 0.3) is 5.57 Å². The zero-order valence-electron chi connectivity index (χ0n) is 10.4. The van der Waals surface area contributed by atoms with Gasteiger partial charge in [0, 0.05) is 17.3 Å². The second-order valence-electron chi connectivity index (χ2n) is 3.86. The number of halogens is 2. The lowest BCUT2D eigenvalue weighted by molar-refractivity contribution is 1.06. The Morgan fingerprint density at radius 3 is 2.80 bits per heavy atom. The summed E-state index contributed by atoms with van der Waals surface area (Å²) in [7, 11) is 0. The monoisotopic (exact) mass is 324 g/mol. The molecular formula is C13H10Cl2N4S. The van der Waals surface area contributed by atoms with Gasteiger partial charge < -0.3 is 10.9 Å². The highest BCUT2D eigenvalue weighted by molar-refractivity contribution is 7.10. The summed E-state index contributed by atoms with van der Waals surface area (Å²) in [5.41, 5.74) is 7.83. The molecule has 20 heavy (non-hydrogen) atoms. The third kappa shape index (κ3) is 3.64. The summed E-state index contributed by atoms with van der Waals surface area (Å²) in [6.07, 6.45) is 1.56. The van der Waals surface area contributed by atoms with Crippen LogP contribution >= 0.6 is 34.5 Å². The van der Waals surface area contributed by atoms with Gasteiger partial charge in [-0.25, -0.2) is 4.98 Å². The van der Waals surface area contributed by atoms with Crippen LogP contribution in [0.2, 0.25) is 10.0 Å². The highest BCUT2D eigenvalue weighted by atomic mass is 35.5. The SMILES string of the molecule is Cc1csc(/C(C#N)=C/NNc2ccc(Cl)c(Cl)c2)n1. The van der Waals surface area contributed by atoms with Gasteiger partial charge in [-0.05, 0) is 25.1 Å². The van der Waals surface area contributed by atoms with E-state index in [1.54, 1.807) is 24.4 Å².